The van der Waals surface area contributed by atoms with Gasteiger partial charge in [0.25, 0.3) is 0 Å². The van der Waals surface area contributed by atoms with Gasteiger partial charge in [-0.05, 0) is 25.5 Å². The number of hydrogen-bond acceptors (Lipinski definition) is 3. The van der Waals surface area contributed by atoms with Gasteiger partial charge in [0.1, 0.15) is 17.1 Å². The number of carbonyl (C=O) groups is 1. The molecule has 2 fully saturated rings. The Hall–Kier alpha value is -1.88. The van der Waals surface area contributed by atoms with Crippen molar-refractivity contribution in [3.63, 3.8) is 0 Å². The maximum Gasteiger partial charge on any atom is 0.415 e. The summed E-state index contributed by atoms with van der Waals surface area (Å²) < 4.78 is 19.4. The number of fused-ring (bicyclic) bond motifs is 1. The van der Waals surface area contributed by atoms with Gasteiger partial charge in [0.15, 0.2) is 0 Å². The van der Waals surface area contributed by atoms with E-state index in [-0.39, 0.29) is 11.9 Å². The molecule has 0 aromatic heterocycles. The largest absolute Gasteiger partial charge is 0.415 e. The molecule has 2 heterocycles. The van der Waals surface area contributed by atoms with Crippen molar-refractivity contribution < 1.29 is 13.9 Å². The topological polar surface area (TPSA) is 32.8 Å². The number of benzene rings is 1. The van der Waals surface area contributed by atoms with Crippen LogP contribution in [0.25, 0.3) is 0 Å². The van der Waals surface area contributed by atoms with E-state index in [0.717, 1.165) is 6.54 Å². The second-order valence-corrected chi connectivity index (χ2v) is 6.31. The van der Waals surface area contributed by atoms with Gasteiger partial charge in [-0.1, -0.05) is 24.8 Å². The minimum absolute atomic E-state index is 0.259. The Morgan fingerprint density at radius 3 is 2.77 bits per heavy atom. The predicted octanol–water partition coefficient (Wildman–Crippen LogP) is 2.80. The third kappa shape index (κ3) is 2.29. The average Bonchev–Trinajstić information content (AvgIpc) is 2.72. The summed E-state index contributed by atoms with van der Waals surface area (Å²) in [7, 11) is 0. The lowest BCUT2D eigenvalue weighted by molar-refractivity contribution is 0.0480. The molecule has 0 bridgehead atoms. The van der Waals surface area contributed by atoms with E-state index >= 15 is 0 Å². The van der Waals surface area contributed by atoms with Crippen molar-refractivity contribution in [3.05, 3.63) is 48.0 Å². The molecule has 2 aliphatic rings. The smallest absolute Gasteiger partial charge is 0.413 e. The first-order chi connectivity index (χ1) is 10.4. The van der Waals surface area contributed by atoms with Gasteiger partial charge in [-0.2, -0.15) is 0 Å². The van der Waals surface area contributed by atoms with Gasteiger partial charge in [0.2, 0.25) is 0 Å². The lowest BCUT2D eigenvalue weighted by atomic mass is 9.85. The Morgan fingerprint density at radius 2 is 2.09 bits per heavy atom. The fourth-order valence-electron chi connectivity index (χ4n) is 3.35. The molecule has 0 spiro atoms. The van der Waals surface area contributed by atoms with E-state index < -0.39 is 5.54 Å². The van der Waals surface area contributed by atoms with Gasteiger partial charge < -0.3 is 4.74 Å². The number of ether oxygens (including phenoxy) is 1. The molecule has 2 saturated heterocycles. The SMILES string of the molecule is C=C1OC(=O)N2CCN(C(C)C)CC12Cc1ccccc1F. The highest BCUT2D eigenvalue weighted by Crippen LogP contribution is 2.39. The number of cyclic esters (lactones) is 1. The molecular weight excluding hydrogens is 283 g/mol. The van der Waals surface area contributed by atoms with Gasteiger partial charge >= 0.3 is 6.09 Å². The molecule has 1 aromatic carbocycles. The molecule has 1 unspecified atom stereocenters. The highest BCUT2D eigenvalue weighted by molar-refractivity contribution is 5.75. The van der Waals surface area contributed by atoms with E-state index in [4.69, 9.17) is 4.74 Å². The summed E-state index contributed by atoms with van der Waals surface area (Å²) in [6.07, 6.45) is 0.0118. The number of halogens is 1. The van der Waals surface area contributed by atoms with E-state index in [1.54, 1.807) is 17.0 Å². The van der Waals surface area contributed by atoms with E-state index in [1.165, 1.54) is 6.07 Å². The normalized spacial score (nSPS) is 25.5. The van der Waals surface area contributed by atoms with Crippen LogP contribution in [0.15, 0.2) is 36.6 Å². The Bertz CT molecular complexity index is 616. The van der Waals surface area contributed by atoms with Gasteiger partial charge in [0, 0.05) is 32.1 Å². The number of rotatable bonds is 3. The molecular formula is C17H21FN2O2. The van der Waals surface area contributed by atoms with Crippen LogP contribution in [0.3, 0.4) is 0 Å². The standard InChI is InChI=1S/C17H21FN2O2/c1-12(2)19-8-9-20-16(21)22-13(3)17(20,11-19)10-14-6-4-5-7-15(14)18/h4-7,12H,3,8-11H2,1-2H3. The van der Waals surface area contributed by atoms with Crippen molar-refractivity contribution in [1.29, 1.82) is 0 Å². The molecule has 1 atom stereocenters. The average molecular weight is 304 g/mol. The van der Waals surface area contributed by atoms with Crippen LogP contribution in [0.2, 0.25) is 0 Å². The van der Waals surface area contributed by atoms with E-state index in [2.05, 4.69) is 25.3 Å². The second kappa shape index (κ2) is 5.39. The van der Waals surface area contributed by atoms with Crippen molar-refractivity contribution in [2.75, 3.05) is 19.6 Å². The van der Waals surface area contributed by atoms with Crippen LogP contribution in [0, 0.1) is 5.82 Å². The third-order valence-electron chi connectivity index (χ3n) is 4.71. The summed E-state index contributed by atoms with van der Waals surface area (Å²) in [6.45, 7) is 10.2. The van der Waals surface area contributed by atoms with Gasteiger partial charge in [-0.25, -0.2) is 9.18 Å². The molecule has 0 saturated carbocycles. The quantitative estimate of drug-likeness (QED) is 0.861. The van der Waals surface area contributed by atoms with E-state index in [9.17, 15) is 9.18 Å². The predicted molar refractivity (Wildman–Crippen MR) is 81.9 cm³/mol. The van der Waals surface area contributed by atoms with Crippen molar-refractivity contribution >= 4 is 6.09 Å². The zero-order chi connectivity index (χ0) is 15.9. The number of amides is 1. The fraction of sp³-hybridized carbons (Fsp3) is 0.471. The number of hydrogen-bond donors (Lipinski definition) is 0. The van der Waals surface area contributed by atoms with E-state index in [0.29, 0.717) is 36.9 Å². The summed E-state index contributed by atoms with van der Waals surface area (Å²) >= 11 is 0. The summed E-state index contributed by atoms with van der Waals surface area (Å²) in [4.78, 5) is 16.1. The molecule has 5 heteroatoms. The van der Waals surface area contributed by atoms with E-state index in [1.807, 2.05) is 6.07 Å². The Labute approximate surface area is 130 Å². The molecule has 0 radical (unpaired) electrons. The summed E-state index contributed by atoms with van der Waals surface area (Å²) in [5.74, 6) is 0.164. The first-order valence-corrected chi connectivity index (χ1v) is 7.60. The lowest BCUT2D eigenvalue weighted by Crippen LogP contribution is -2.62. The maximum absolute atomic E-state index is 14.1. The molecule has 3 rings (SSSR count). The van der Waals surface area contributed by atoms with Gasteiger partial charge in [-0.3, -0.25) is 9.80 Å². The third-order valence-corrected chi connectivity index (χ3v) is 4.71. The summed E-state index contributed by atoms with van der Waals surface area (Å²) in [5.41, 5.74) is -0.0977. The number of nitrogens with zero attached hydrogens (tertiary/aromatic N) is 2. The van der Waals surface area contributed by atoms with Crippen molar-refractivity contribution in [3.8, 4) is 0 Å². The maximum atomic E-state index is 14.1. The molecule has 2 aliphatic heterocycles. The zero-order valence-corrected chi connectivity index (χ0v) is 13.0. The molecule has 0 N–H and O–H groups in total. The first kappa shape index (κ1) is 15.0. The molecule has 118 valence electrons. The number of carbonyl (C=O) groups excluding carboxylic acids is 1. The summed E-state index contributed by atoms with van der Waals surface area (Å²) in [5, 5.41) is 0. The van der Waals surface area contributed by atoms with Crippen LogP contribution >= 0.6 is 0 Å². The Kier molecular flexibility index (Phi) is 3.68. The first-order valence-electron chi connectivity index (χ1n) is 7.60. The highest BCUT2D eigenvalue weighted by Gasteiger charge is 2.54. The van der Waals surface area contributed by atoms with Gasteiger partial charge in [-0.15, -0.1) is 0 Å². The summed E-state index contributed by atoms with van der Waals surface area (Å²) in [6, 6.07) is 7.03. The van der Waals surface area contributed by atoms with Crippen molar-refractivity contribution in [2.24, 2.45) is 0 Å². The minimum Gasteiger partial charge on any atom is -0.413 e. The monoisotopic (exact) mass is 304 g/mol. The second-order valence-electron chi connectivity index (χ2n) is 6.31. The highest BCUT2D eigenvalue weighted by atomic mass is 19.1. The molecule has 1 aromatic rings. The Morgan fingerprint density at radius 1 is 1.36 bits per heavy atom. The fourth-order valence-corrected chi connectivity index (χ4v) is 3.35. The molecule has 0 aliphatic carbocycles. The molecule has 4 nitrogen and oxygen atoms in total. The van der Waals surface area contributed by atoms with Crippen LogP contribution in [0.1, 0.15) is 19.4 Å². The van der Waals surface area contributed by atoms with Crippen LogP contribution in [0.4, 0.5) is 9.18 Å². The van der Waals surface area contributed by atoms with Crippen molar-refractivity contribution in [2.45, 2.75) is 31.8 Å². The minimum atomic E-state index is -0.679. The van der Waals surface area contributed by atoms with Gasteiger partial charge in [0.05, 0.1) is 0 Å². The number of piperazine rings is 1. The van der Waals surface area contributed by atoms with Crippen LogP contribution in [0.5, 0.6) is 0 Å². The van der Waals surface area contributed by atoms with Crippen LogP contribution < -0.4 is 0 Å². The molecule has 22 heavy (non-hydrogen) atoms. The zero-order valence-electron chi connectivity index (χ0n) is 13.0. The molecule has 1 amide bonds. The van der Waals surface area contributed by atoms with Crippen LogP contribution in [-0.2, 0) is 11.2 Å². The van der Waals surface area contributed by atoms with Crippen molar-refractivity contribution in [1.82, 2.24) is 9.80 Å². The lowest BCUT2D eigenvalue weighted by Gasteiger charge is -2.46. The van der Waals surface area contributed by atoms with Crippen LogP contribution in [-0.4, -0.2) is 47.1 Å². The Balaban J connectivity index is 1.98.